The molecule has 0 aromatic carbocycles. The summed E-state index contributed by atoms with van der Waals surface area (Å²) in [5.74, 6) is -2.66. The Balaban J connectivity index is 2.34. The van der Waals surface area contributed by atoms with Gasteiger partial charge in [0.15, 0.2) is 0 Å². The first kappa shape index (κ1) is 20.8. The van der Waals surface area contributed by atoms with Gasteiger partial charge in [-0.2, -0.15) is 0 Å². The number of Topliss-reactive ketones (excluding diaryl/α,β-unsaturated/α-hetero) is 2. The van der Waals surface area contributed by atoms with Crippen LogP contribution in [0.15, 0.2) is 22.5 Å². The molecule has 0 aliphatic heterocycles. The number of allylic oxidation sites excluding steroid dienone is 1. The Labute approximate surface area is 165 Å². The number of carbonyl (C=O) groups is 3. The molecule has 0 amide bonds. The number of hydrogen-bond acceptors (Lipinski definition) is 6. The summed E-state index contributed by atoms with van der Waals surface area (Å²) in [7, 11) is 0. The van der Waals surface area contributed by atoms with Crippen LogP contribution in [0.1, 0.15) is 60.3 Å². The molecular formula is C22H30O6. The van der Waals surface area contributed by atoms with Crippen LogP contribution >= 0.6 is 0 Å². The highest BCUT2D eigenvalue weighted by molar-refractivity contribution is 6.50. The van der Waals surface area contributed by atoms with Crippen molar-refractivity contribution in [2.45, 2.75) is 66.4 Å². The first-order valence-corrected chi connectivity index (χ1v) is 10.0. The summed E-state index contributed by atoms with van der Waals surface area (Å²) in [4.78, 5) is 37.9. The lowest BCUT2D eigenvalue weighted by atomic mass is 9.47. The average Bonchev–Trinajstić information content (AvgIpc) is 2.58. The highest BCUT2D eigenvalue weighted by atomic mass is 16.5. The number of ether oxygens (including phenoxy) is 1. The fourth-order valence-corrected chi connectivity index (χ4v) is 5.78. The molecule has 28 heavy (non-hydrogen) atoms. The van der Waals surface area contributed by atoms with Crippen molar-refractivity contribution in [2.24, 2.45) is 22.7 Å². The average molecular weight is 390 g/mol. The number of aliphatic hydroxyl groups excluding tert-OH is 2. The van der Waals surface area contributed by atoms with Crippen molar-refractivity contribution < 1.29 is 29.3 Å². The number of rotatable bonds is 3. The van der Waals surface area contributed by atoms with Crippen LogP contribution in [0.2, 0.25) is 0 Å². The molecule has 3 aliphatic carbocycles. The minimum atomic E-state index is -0.906. The first-order valence-electron chi connectivity index (χ1n) is 10.0. The first-order chi connectivity index (χ1) is 13.0. The molecule has 6 heteroatoms. The van der Waals surface area contributed by atoms with Crippen molar-refractivity contribution in [2.75, 3.05) is 6.61 Å². The van der Waals surface area contributed by atoms with Crippen LogP contribution in [0.3, 0.4) is 0 Å². The third kappa shape index (κ3) is 2.84. The van der Waals surface area contributed by atoms with Gasteiger partial charge in [0.05, 0.1) is 6.61 Å². The second-order valence-electron chi connectivity index (χ2n) is 9.41. The molecule has 0 radical (unpaired) electrons. The summed E-state index contributed by atoms with van der Waals surface area (Å²) < 4.78 is 5.54. The van der Waals surface area contributed by atoms with Crippen molar-refractivity contribution in [1.29, 1.82) is 0 Å². The fraction of sp³-hybridized carbons (Fsp3) is 0.682. The Kier molecular flexibility index (Phi) is 5.07. The zero-order valence-corrected chi connectivity index (χ0v) is 17.3. The Hall–Kier alpha value is -1.95. The Bertz CT molecular complexity index is 800. The van der Waals surface area contributed by atoms with Crippen molar-refractivity contribution in [1.82, 2.24) is 0 Å². The second-order valence-corrected chi connectivity index (χ2v) is 9.41. The van der Waals surface area contributed by atoms with Gasteiger partial charge in [0.25, 0.3) is 0 Å². The number of ketones is 2. The van der Waals surface area contributed by atoms with Gasteiger partial charge in [-0.1, -0.05) is 34.1 Å². The van der Waals surface area contributed by atoms with E-state index >= 15 is 0 Å². The van der Waals surface area contributed by atoms with Crippen LogP contribution in [-0.2, 0) is 19.1 Å². The molecule has 0 heterocycles. The van der Waals surface area contributed by atoms with E-state index in [4.69, 9.17) is 4.74 Å². The third-order valence-corrected chi connectivity index (χ3v) is 6.95. The maximum Gasteiger partial charge on any atom is 0.303 e. The van der Waals surface area contributed by atoms with E-state index in [1.54, 1.807) is 13.8 Å². The van der Waals surface area contributed by atoms with Gasteiger partial charge in [0.2, 0.25) is 11.6 Å². The minimum Gasteiger partial charge on any atom is -0.507 e. The lowest BCUT2D eigenvalue weighted by Gasteiger charge is -2.57. The molecule has 0 saturated heterocycles. The zero-order valence-electron chi connectivity index (χ0n) is 17.3. The standard InChI is InChI=1S/C22H30O6/c1-11(2)15-18(25)16-13(28-12(3)24)9-14-21(4,5)7-6-8-22(14,10-23)17(16)20(27)19(15)26/h11,13-14,23,25H,6-10H2,1-5H3/t13-,14+,22-/m1/s1. The van der Waals surface area contributed by atoms with E-state index in [0.717, 1.165) is 12.8 Å². The normalized spacial score (nSPS) is 32.4. The topological polar surface area (TPSA) is 101 Å². The molecule has 3 rings (SSSR count). The quantitative estimate of drug-likeness (QED) is 0.436. The zero-order chi connectivity index (χ0) is 21.0. The molecule has 154 valence electrons. The SMILES string of the molecule is CC(=O)O[C@@H]1C[C@H]2C(C)(C)CCC[C@]2(CO)C2=C1C(O)=C(C(C)C)C(=O)C2=O. The molecule has 1 fully saturated rings. The van der Waals surface area contributed by atoms with E-state index in [-0.39, 0.29) is 46.3 Å². The molecule has 3 atom stereocenters. The van der Waals surface area contributed by atoms with Gasteiger partial charge in [-0.3, -0.25) is 14.4 Å². The third-order valence-electron chi connectivity index (χ3n) is 6.95. The van der Waals surface area contributed by atoms with Gasteiger partial charge >= 0.3 is 5.97 Å². The van der Waals surface area contributed by atoms with Crippen LogP contribution in [-0.4, -0.2) is 40.5 Å². The van der Waals surface area contributed by atoms with Crippen molar-refractivity contribution >= 4 is 17.5 Å². The van der Waals surface area contributed by atoms with Gasteiger partial charge in [-0.05, 0) is 36.5 Å². The lowest BCUT2D eigenvalue weighted by molar-refractivity contribution is -0.150. The highest BCUT2D eigenvalue weighted by Crippen LogP contribution is 2.61. The Morgan fingerprint density at radius 2 is 1.86 bits per heavy atom. The molecule has 0 aromatic rings. The van der Waals surface area contributed by atoms with Gasteiger partial charge < -0.3 is 14.9 Å². The maximum atomic E-state index is 13.3. The predicted molar refractivity (Wildman–Crippen MR) is 102 cm³/mol. The van der Waals surface area contributed by atoms with Crippen LogP contribution in [0.5, 0.6) is 0 Å². The summed E-state index contributed by atoms with van der Waals surface area (Å²) in [6, 6.07) is 0. The van der Waals surface area contributed by atoms with Gasteiger partial charge in [0, 0.05) is 29.1 Å². The van der Waals surface area contributed by atoms with Gasteiger partial charge in [-0.25, -0.2) is 0 Å². The summed E-state index contributed by atoms with van der Waals surface area (Å²) in [6.07, 6.45) is 1.88. The lowest BCUT2D eigenvalue weighted by Crippen LogP contribution is -2.56. The molecule has 0 spiro atoms. The van der Waals surface area contributed by atoms with Gasteiger partial charge in [0.1, 0.15) is 11.9 Å². The minimum absolute atomic E-state index is 0.0579. The number of hydrogen-bond donors (Lipinski definition) is 2. The van der Waals surface area contributed by atoms with Crippen LogP contribution in [0.4, 0.5) is 0 Å². The summed E-state index contributed by atoms with van der Waals surface area (Å²) in [6.45, 7) is 8.65. The molecule has 0 aromatic heterocycles. The second kappa shape index (κ2) is 6.83. The van der Waals surface area contributed by atoms with Crippen LogP contribution < -0.4 is 0 Å². The van der Waals surface area contributed by atoms with Crippen LogP contribution in [0.25, 0.3) is 0 Å². The molecule has 0 unspecified atom stereocenters. The number of carbonyl (C=O) groups excluding carboxylic acids is 3. The molecular weight excluding hydrogens is 360 g/mol. The number of aliphatic hydroxyl groups is 2. The molecule has 3 aliphatic rings. The molecule has 6 nitrogen and oxygen atoms in total. The van der Waals surface area contributed by atoms with E-state index < -0.39 is 29.1 Å². The molecule has 2 N–H and O–H groups in total. The van der Waals surface area contributed by atoms with Crippen molar-refractivity contribution in [3.63, 3.8) is 0 Å². The van der Waals surface area contributed by atoms with E-state index in [0.29, 0.717) is 12.8 Å². The van der Waals surface area contributed by atoms with Crippen molar-refractivity contribution in [3.8, 4) is 0 Å². The summed E-state index contributed by atoms with van der Waals surface area (Å²) in [5.41, 5.74) is -0.665. The predicted octanol–water partition coefficient (Wildman–Crippen LogP) is 3.04. The monoisotopic (exact) mass is 390 g/mol. The number of fused-ring (bicyclic) bond motifs is 2. The summed E-state index contributed by atoms with van der Waals surface area (Å²) >= 11 is 0. The number of esters is 1. The van der Waals surface area contributed by atoms with E-state index in [2.05, 4.69) is 13.8 Å². The van der Waals surface area contributed by atoms with Crippen LogP contribution in [0, 0.1) is 22.7 Å². The highest BCUT2D eigenvalue weighted by Gasteiger charge is 2.60. The largest absolute Gasteiger partial charge is 0.507 e. The van der Waals surface area contributed by atoms with E-state index in [1.807, 2.05) is 0 Å². The molecule has 0 bridgehead atoms. The van der Waals surface area contributed by atoms with Crippen molar-refractivity contribution in [3.05, 3.63) is 22.5 Å². The van der Waals surface area contributed by atoms with E-state index in [1.165, 1.54) is 6.92 Å². The Morgan fingerprint density at radius 1 is 1.21 bits per heavy atom. The molecule has 1 saturated carbocycles. The maximum absolute atomic E-state index is 13.3. The summed E-state index contributed by atoms with van der Waals surface area (Å²) in [5, 5.41) is 21.5. The fourth-order valence-electron chi connectivity index (χ4n) is 5.78. The van der Waals surface area contributed by atoms with Gasteiger partial charge in [-0.15, -0.1) is 0 Å². The Morgan fingerprint density at radius 3 is 2.39 bits per heavy atom. The van der Waals surface area contributed by atoms with E-state index in [9.17, 15) is 24.6 Å². The smallest absolute Gasteiger partial charge is 0.303 e.